The lowest BCUT2D eigenvalue weighted by Crippen LogP contribution is -2.27. The third-order valence-corrected chi connectivity index (χ3v) is 4.01. The summed E-state index contributed by atoms with van der Waals surface area (Å²) in [6.07, 6.45) is 2.47. The monoisotopic (exact) mass is 259 g/mol. The maximum Gasteiger partial charge on any atom is 0.227 e. The van der Waals surface area contributed by atoms with Crippen molar-refractivity contribution in [3.8, 4) is 0 Å². The summed E-state index contributed by atoms with van der Waals surface area (Å²) in [5.41, 5.74) is 4.40. The van der Waals surface area contributed by atoms with E-state index in [1.807, 2.05) is 19.9 Å². The van der Waals surface area contributed by atoms with Gasteiger partial charge in [-0.3, -0.25) is 9.59 Å². The van der Waals surface area contributed by atoms with Crippen LogP contribution in [0.5, 0.6) is 0 Å². The first-order valence-corrected chi connectivity index (χ1v) is 6.88. The summed E-state index contributed by atoms with van der Waals surface area (Å²) in [7, 11) is 0. The molecule has 0 unspecified atom stereocenters. The van der Waals surface area contributed by atoms with Crippen LogP contribution < -0.4 is 5.32 Å². The van der Waals surface area contributed by atoms with Gasteiger partial charge in [0.2, 0.25) is 5.91 Å². The van der Waals surface area contributed by atoms with Crippen molar-refractivity contribution in [3.05, 3.63) is 28.8 Å². The third-order valence-electron chi connectivity index (χ3n) is 4.01. The minimum atomic E-state index is -0.0151. The fourth-order valence-electron chi connectivity index (χ4n) is 2.53. The van der Waals surface area contributed by atoms with Gasteiger partial charge in [0.25, 0.3) is 0 Å². The van der Waals surface area contributed by atoms with Crippen LogP contribution >= 0.6 is 0 Å². The molecule has 0 radical (unpaired) electrons. The molecule has 1 fully saturated rings. The van der Waals surface area contributed by atoms with Crippen LogP contribution in [0.3, 0.4) is 0 Å². The van der Waals surface area contributed by atoms with Crippen molar-refractivity contribution >= 4 is 17.4 Å². The number of nitrogens with one attached hydrogen (secondary N) is 1. The Balaban J connectivity index is 2.07. The van der Waals surface area contributed by atoms with Crippen molar-refractivity contribution in [2.75, 3.05) is 5.32 Å². The highest BCUT2D eigenvalue weighted by Crippen LogP contribution is 2.25. The van der Waals surface area contributed by atoms with Crippen molar-refractivity contribution < 1.29 is 9.59 Å². The fraction of sp³-hybridized carbons (Fsp3) is 0.500. The molecule has 0 saturated heterocycles. The Bertz CT molecular complexity index is 510. The summed E-state index contributed by atoms with van der Waals surface area (Å²) in [6.45, 7) is 6.12. The second kappa shape index (κ2) is 5.55. The molecule has 0 aliphatic heterocycles. The van der Waals surface area contributed by atoms with Gasteiger partial charge in [-0.05, 0) is 56.4 Å². The number of hydrogen-bond donors (Lipinski definition) is 1. The van der Waals surface area contributed by atoms with E-state index in [1.165, 1.54) is 11.1 Å². The molecule has 3 heteroatoms. The Hall–Kier alpha value is -1.64. The number of anilines is 1. The maximum atomic E-state index is 12.2. The van der Waals surface area contributed by atoms with Crippen molar-refractivity contribution in [2.24, 2.45) is 5.92 Å². The van der Waals surface area contributed by atoms with E-state index in [0.29, 0.717) is 25.7 Å². The SMILES string of the molecule is Cc1cc(C)c(NC(=O)C2CCC(=O)CC2)cc1C. The number of carbonyl (C=O) groups is 2. The molecular formula is C16H21NO2. The smallest absolute Gasteiger partial charge is 0.227 e. The zero-order valence-electron chi connectivity index (χ0n) is 11.9. The van der Waals surface area contributed by atoms with Crippen LogP contribution in [0.15, 0.2) is 12.1 Å². The Morgan fingerprint density at radius 1 is 1.05 bits per heavy atom. The van der Waals surface area contributed by atoms with Crippen LogP contribution in [0.2, 0.25) is 0 Å². The van der Waals surface area contributed by atoms with Crippen molar-refractivity contribution in [2.45, 2.75) is 46.5 Å². The molecule has 1 N–H and O–H groups in total. The largest absolute Gasteiger partial charge is 0.326 e. The molecule has 2 rings (SSSR count). The van der Waals surface area contributed by atoms with Crippen LogP contribution in [0.1, 0.15) is 42.4 Å². The van der Waals surface area contributed by atoms with Crippen molar-refractivity contribution in [3.63, 3.8) is 0 Å². The first kappa shape index (κ1) is 13.8. The number of rotatable bonds is 2. The van der Waals surface area contributed by atoms with Gasteiger partial charge in [-0.15, -0.1) is 0 Å². The first-order valence-electron chi connectivity index (χ1n) is 6.88. The highest BCUT2D eigenvalue weighted by molar-refractivity contribution is 5.94. The van der Waals surface area contributed by atoms with Gasteiger partial charge in [0.1, 0.15) is 5.78 Å². The number of ketones is 1. The van der Waals surface area contributed by atoms with E-state index in [0.717, 1.165) is 11.3 Å². The summed E-state index contributed by atoms with van der Waals surface area (Å²) in [4.78, 5) is 23.4. The fourth-order valence-corrected chi connectivity index (χ4v) is 2.53. The summed E-state index contributed by atoms with van der Waals surface area (Å²) in [5.74, 6) is 0.323. The Morgan fingerprint density at radius 2 is 1.63 bits per heavy atom. The molecule has 0 bridgehead atoms. The predicted molar refractivity (Wildman–Crippen MR) is 76.2 cm³/mol. The maximum absolute atomic E-state index is 12.2. The molecular weight excluding hydrogens is 238 g/mol. The van der Waals surface area contributed by atoms with Gasteiger partial charge in [-0.25, -0.2) is 0 Å². The molecule has 1 aliphatic carbocycles. The predicted octanol–water partition coefficient (Wildman–Crippen LogP) is 3.31. The molecule has 1 aliphatic rings. The zero-order chi connectivity index (χ0) is 14.0. The van der Waals surface area contributed by atoms with E-state index in [2.05, 4.69) is 18.3 Å². The number of hydrogen-bond acceptors (Lipinski definition) is 2. The molecule has 0 spiro atoms. The van der Waals surface area contributed by atoms with Gasteiger partial charge in [0.15, 0.2) is 0 Å². The van der Waals surface area contributed by atoms with Gasteiger partial charge in [-0.2, -0.15) is 0 Å². The summed E-state index contributed by atoms with van der Waals surface area (Å²) in [5, 5.41) is 3.01. The van der Waals surface area contributed by atoms with E-state index in [9.17, 15) is 9.59 Å². The van der Waals surface area contributed by atoms with Gasteiger partial charge < -0.3 is 5.32 Å². The lowest BCUT2D eigenvalue weighted by molar-refractivity contribution is -0.125. The van der Waals surface area contributed by atoms with Crippen LogP contribution in [-0.2, 0) is 9.59 Å². The molecule has 1 aromatic carbocycles. The van der Waals surface area contributed by atoms with Gasteiger partial charge >= 0.3 is 0 Å². The van der Waals surface area contributed by atoms with E-state index >= 15 is 0 Å². The Kier molecular flexibility index (Phi) is 4.03. The number of aryl methyl sites for hydroxylation is 3. The number of Topliss-reactive ketones (excluding diaryl/α,β-unsaturated/α-hetero) is 1. The second-order valence-electron chi connectivity index (χ2n) is 5.55. The first-order chi connectivity index (χ1) is 8.97. The molecule has 3 nitrogen and oxygen atoms in total. The molecule has 1 aromatic rings. The molecule has 0 aromatic heterocycles. The molecule has 102 valence electrons. The van der Waals surface area contributed by atoms with E-state index in [1.54, 1.807) is 0 Å². The lowest BCUT2D eigenvalue weighted by Gasteiger charge is -2.21. The van der Waals surface area contributed by atoms with E-state index in [4.69, 9.17) is 0 Å². The van der Waals surface area contributed by atoms with Crippen molar-refractivity contribution in [1.82, 2.24) is 0 Å². The summed E-state index contributed by atoms with van der Waals surface area (Å²) in [6, 6.07) is 4.12. The highest BCUT2D eigenvalue weighted by atomic mass is 16.2. The average Bonchev–Trinajstić information content (AvgIpc) is 2.36. The molecule has 1 amide bonds. The minimum absolute atomic E-state index is 0.0151. The summed E-state index contributed by atoms with van der Waals surface area (Å²) >= 11 is 0. The molecule has 19 heavy (non-hydrogen) atoms. The topological polar surface area (TPSA) is 46.2 Å². The van der Waals surface area contributed by atoms with Gasteiger partial charge in [-0.1, -0.05) is 6.07 Å². The number of amides is 1. The summed E-state index contributed by atoms with van der Waals surface area (Å²) < 4.78 is 0. The van der Waals surface area contributed by atoms with E-state index in [-0.39, 0.29) is 17.6 Å². The quantitative estimate of drug-likeness (QED) is 0.885. The van der Waals surface area contributed by atoms with Crippen LogP contribution in [0, 0.1) is 26.7 Å². The molecule has 0 atom stereocenters. The Morgan fingerprint density at radius 3 is 2.26 bits per heavy atom. The van der Waals surface area contributed by atoms with E-state index < -0.39 is 0 Å². The zero-order valence-corrected chi connectivity index (χ0v) is 11.9. The number of carbonyl (C=O) groups excluding carboxylic acids is 2. The highest BCUT2D eigenvalue weighted by Gasteiger charge is 2.25. The minimum Gasteiger partial charge on any atom is -0.326 e. The van der Waals surface area contributed by atoms with Crippen LogP contribution in [0.4, 0.5) is 5.69 Å². The third kappa shape index (κ3) is 3.22. The van der Waals surface area contributed by atoms with Crippen molar-refractivity contribution in [1.29, 1.82) is 0 Å². The van der Waals surface area contributed by atoms with Gasteiger partial charge in [0, 0.05) is 24.4 Å². The second-order valence-corrected chi connectivity index (χ2v) is 5.55. The molecule has 1 saturated carbocycles. The normalized spacial score (nSPS) is 16.5. The van der Waals surface area contributed by atoms with Crippen LogP contribution in [-0.4, -0.2) is 11.7 Å². The lowest BCUT2D eigenvalue weighted by atomic mass is 9.87. The van der Waals surface area contributed by atoms with Gasteiger partial charge in [0.05, 0.1) is 0 Å². The average molecular weight is 259 g/mol. The van der Waals surface area contributed by atoms with Crippen LogP contribution in [0.25, 0.3) is 0 Å². The molecule has 0 heterocycles. The number of benzene rings is 1. The Labute approximate surface area is 114 Å². The standard InChI is InChI=1S/C16H21NO2/c1-10-8-12(3)15(9-11(10)2)17-16(19)13-4-6-14(18)7-5-13/h8-9,13H,4-7H2,1-3H3,(H,17,19).